The molecule has 0 aromatic rings. The summed E-state index contributed by atoms with van der Waals surface area (Å²) in [5.41, 5.74) is 3.87. The van der Waals surface area contributed by atoms with Crippen molar-refractivity contribution < 1.29 is 0 Å². The van der Waals surface area contributed by atoms with Crippen LogP contribution in [0.2, 0.25) is 0 Å². The van der Waals surface area contributed by atoms with Crippen molar-refractivity contribution in [1.29, 1.82) is 0 Å². The first kappa shape index (κ1) is 14.2. The lowest BCUT2D eigenvalue weighted by Crippen LogP contribution is -2.31. The fourth-order valence-corrected chi connectivity index (χ4v) is 1.99. The van der Waals surface area contributed by atoms with Gasteiger partial charge in [-0.05, 0) is 43.5 Å². The number of nitrogens with one attached hydrogen (secondary N) is 2. The Kier molecular flexibility index (Phi) is 6.89. The van der Waals surface area contributed by atoms with Gasteiger partial charge in [-0.3, -0.25) is 5.43 Å². The lowest BCUT2D eigenvalue weighted by atomic mass is 10.1. The number of rotatable bonds is 4. The summed E-state index contributed by atoms with van der Waals surface area (Å²) in [5, 5.41) is 8.44. The summed E-state index contributed by atoms with van der Waals surface area (Å²) in [7, 11) is 0. The van der Waals surface area contributed by atoms with E-state index in [1.807, 2.05) is 0 Å². The first-order chi connectivity index (χ1) is 8.24. The Morgan fingerprint density at radius 1 is 1.41 bits per heavy atom. The maximum atomic E-state index is 6.18. The topological polar surface area (TPSA) is 36.4 Å². The van der Waals surface area contributed by atoms with Crippen molar-refractivity contribution in [2.75, 3.05) is 6.54 Å². The van der Waals surface area contributed by atoms with Gasteiger partial charge in [0.05, 0.1) is 6.21 Å². The van der Waals surface area contributed by atoms with Crippen LogP contribution < -0.4 is 10.7 Å². The van der Waals surface area contributed by atoms with E-state index in [0.717, 1.165) is 23.4 Å². The largest absolute Gasteiger partial charge is 0.358 e. The van der Waals surface area contributed by atoms with Crippen LogP contribution in [0, 0.1) is 0 Å². The molecule has 0 saturated heterocycles. The van der Waals surface area contributed by atoms with E-state index in [2.05, 4.69) is 22.4 Å². The van der Waals surface area contributed by atoms with Crippen LogP contribution in [0.4, 0.5) is 0 Å². The average Bonchev–Trinajstić information content (AvgIpc) is 2.52. The van der Waals surface area contributed by atoms with Gasteiger partial charge in [0.15, 0.2) is 5.11 Å². The molecule has 94 valence electrons. The highest BCUT2D eigenvalue weighted by Crippen LogP contribution is 2.24. The molecule has 0 aromatic heterocycles. The van der Waals surface area contributed by atoms with E-state index >= 15 is 0 Å². The summed E-state index contributed by atoms with van der Waals surface area (Å²) in [6.07, 6.45) is 9.05. The van der Waals surface area contributed by atoms with E-state index in [1.54, 1.807) is 12.3 Å². The van der Waals surface area contributed by atoms with Gasteiger partial charge in [-0.1, -0.05) is 24.1 Å². The Balaban J connectivity index is 2.41. The zero-order chi connectivity index (χ0) is 12.5. The van der Waals surface area contributed by atoms with Crippen molar-refractivity contribution in [2.45, 2.75) is 32.1 Å². The Hall–Kier alpha value is -0.870. The molecule has 17 heavy (non-hydrogen) atoms. The van der Waals surface area contributed by atoms with Gasteiger partial charge in [0.2, 0.25) is 0 Å². The first-order valence-electron chi connectivity index (χ1n) is 5.79. The first-order valence-corrected chi connectivity index (χ1v) is 6.58. The highest BCUT2D eigenvalue weighted by molar-refractivity contribution is 7.80. The molecule has 0 bridgehead atoms. The number of allylic oxidation sites excluding steroid dienone is 2. The van der Waals surface area contributed by atoms with Crippen LogP contribution in [0.25, 0.3) is 0 Å². The molecule has 0 aliphatic heterocycles. The van der Waals surface area contributed by atoms with Crippen molar-refractivity contribution in [2.24, 2.45) is 5.10 Å². The minimum atomic E-state index is 0.492. The minimum Gasteiger partial charge on any atom is -0.358 e. The van der Waals surface area contributed by atoms with Crippen LogP contribution in [0.5, 0.6) is 0 Å². The monoisotopic (exact) mass is 271 g/mol. The van der Waals surface area contributed by atoms with Crippen LogP contribution in [0.3, 0.4) is 0 Å². The zero-order valence-electron chi connectivity index (χ0n) is 9.84. The molecule has 5 heteroatoms. The SMILES string of the molecule is C=CCNC(=S)NN=CC1=C(Cl)CCCCC1. The number of hydrogen-bond acceptors (Lipinski definition) is 2. The maximum absolute atomic E-state index is 6.18. The Morgan fingerprint density at radius 3 is 2.94 bits per heavy atom. The fourth-order valence-electron chi connectivity index (χ4n) is 1.58. The van der Waals surface area contributed by atoms with Gasteiger partial charge < -0.3 is 5.32 Å². The summed E-state index contributed by atoms with van der Waals surface area (Å²) in [6.45, 7) is 4.22. The number of hydrogen-bond donors (Lipinski definition) is 2. The third-order valence-corrected chi connectivity index (χ3v) is 3.15. The van der Waals surface area contributed by atoms with Crippen molar-refractivity contribution in [3.8, 4) is 0 Å². The van der Waals surface area contributed by atoms with E-state index in [1.165, 1.54) is 19.3 Å². The lowest BCUT2D eigenvalue weighted by Gasteiger charge is -2.04. The van der Waals surface area contributed by atoms with Crippen molar-refractivity contribution in [3.05, 3.63) is 23.3 Å². The van der Waals surface area contributed by atoms with Crippen LogP contribution >= 0.6 is 23.8 Å². The molecule has 0 amide bonds. The quantitative estimate of drug-likeness (QED) is 0.357. The molecule has 0 unspecified atom stereocenters. The summed E-state index contributed by atoms with van der Waals surface area (Å²) in [6, 6.07) is 0. The number of thiocarbonyl (C=S) groups is 1. The van der Waals surface area contributed by atoms with E-state index in [-0.39, 0.29) is 0 Å². The smallest absolute Gasteiger partial charge is 0.187 e. The Labute approximate surface area is 113 Å². The second kappa shape index (κ2) is 8.25. The van der Waals surface area contributed by atoms with Gasteiger partial charge in [-0.2, -0.15) is 5.10 Å². The summed E-state index contributed by atoms with van der Waals surface area (Å²) >= 11 is 11.2. The number of halogens is 1. The van der Waals surface area contributed by atoms with Crippen molar-refractivity contribution in [3.63, 3.8) is 0 Å². The second-order valence-corrected chi connectivity index (χ2v) is 4.72. The molecule has 0 radical (unpaired) electrons. The number of nitrogens with zero attached hydrogens (tertiary/aromatic N) is 1. The Morgan fingerprint density at radius 2 is 2.18 bits per heavy atom. The van der Waals surface area contributed by atoms with Crippen LogP contribution in [0.1, 0.15) is 32.1 Å². The van der Waals surface area contributed by atoms with Gasteiger partial charge in [0.25, 0.3) is 0 Å². The molecule has 0 saturated carbocycles. The number of hydrazone groups is 1. The molecule has 1 aliphatic carbocycles. The van der Waals surface area contributed by atoms with Gasteiger partial charge >= 0.3 is 0 Å². The molecule has 0 aromatic carbocycles. The fraction of sp³-hybridized carbons (Fsp3) is 0.500. The molecule has 0 atom stereocenters. The predicted octanol–water partition coefficient (Wildman–Crippen LogP) is 3.08. The van der Waals surface area contributed by atoms with Crippen LogP contribution in [0.15, 0.2) is 28.4 Å². The molecule has 0 spiro atoms. The normalized spacial score (nSPS) is 16.8. The van der Waals surface area contributed by atoms with Gasteiger partial charge in [0.1, 0.15) is 0 Å². The molecule has 0 heterocycles. The summed E-state index contributed by atoms with van der Waals surface area (Å²) < 4.78 is 0. The molecular weight excluding hydrogens is 254 g/mol. The lowest BCUT2D eigenvalue weighted by molar-refractivity contribution is 0.713. The zero-order valence-corrected chi connectivity index (χ0v) is 11.4. The Bertz CT molecular complexity index is 337. The highest BCUT2D eigenvalue weighted by atomic mass is 35.5. The van der Waals surface area contributed by atoms with E-state index in [9.17, 15) is 0 Å². The standard InChI is InChI=1S/C12H18ClN3S/c1-2-8-14-12(17)16-15-9-10-6-4-3-5-7-11(10)13/h2,9H,1,3-8H2,(H2,14,16,17). The van der Waals surface area contributed by atoms with Gasteiger partial charge in [0, 0.05) is 11.6 Å². The maximum Gasteiger partial charge on any atom is 0.187 e. The second-order valence-electron chi connectivity index (χ2n) is 3.86. The van der Waals surface area contributed by atoms with Crippen LogP contribution in [-0.2, 0) is 0 Å². The molecule has 3 nitrogen and oxygen atoms in total. The minimum absolute atomic E-state index is 0.492. The summed E-state index contributed by atoms with van der Waals surface area (Å²) in [5.74, 6) is 0. The van der Waals surface area contributed by atoms with Crippen molar-refractivity contribution >= 4 is 35.1 Å². The summed E-state index contributed by atoms with van der Waals surface area (Å²) in [4.78, 5) is 0. The highest BCUT2D eigenvalue weighted by Gasteiger charge is 2.07. The van der Waals surface area contributed by atoms with E-state index < -0.39 is 0 Å². The van der Waals surface area contributed by atoms with Crippen LogP contribution in [-0.4, -0.2) is 17.9 Å². The molecule has 1 rings (SSSR count). The molecule has 2 N–H and O–H groups in total. The molecule has 1 aliphatic rings. The molecule has 0 fully saturated rings. The van der Waals surface area contributed by atoms with E-state index in [4.69, 9.17) is 23.8 Å². The van der Waals surface area contributed by atoms with Gasteiger partial charge in [-0.15, -0.1) is 6.58 Å². The third kappa shape index (κ3) is 5.84. The van der Waals surface area contributed by atoms with E-state index in [0.29, 0.717) is 11.7 Å². The van der Waals surface area contributed by atoms with Crippen molar-refractivity contribution in [1.82, 2.24) is 10.7 Å². The average molecular weight is 272 g/mol. The molecular formula is C12H18ClN3S. The third-order valence-electron chi connectivity index (χ3n) is 2.48. The predicted molar refractivity (Wildman–Crippen MR) is 78.4 cm³/mol. The van der Waals surface area contributed by atoms with Gasteiger partial charge in [-0.25, -0.2) is 0 Å².